The van der Waals surface area contributed by atoms with E-state index < -0.39 is 0 Å². The predicted octanol–water partition coefficient (Wildman–Crippen LogP) is 3.40. The number of carbonyl (C=O) groups excluding carboxylic acids is 1. The molecule has 0 radical (unpaired) electrons. The van der Waals surface area contributed by atoms with E-state index in [-0.39, 0.29) is 12.0 Å². The van der Waals surface area contributed by atoms with Crippen LogP contribution in [0.3, 0.4) is 0 Å². The molecule has 3 rings (SSSR count). The fraction of sp³-hybridized carbons (Fsp3) is 0.381. The van der Waals surface area contributed by atoms with E-state index in [0.29, 0.717) is 18.7 Å². The van der Waals surface area contributed by atoms with E-state index in [1.54, 1.807) is 0 Å². The van der Waals surface area contributed by atoms with Gasteiger partial charge in [-0.1, -0.05) is 0 Å². The first-order valence-corrected chi connectivity index (χ1v) is 8.98. The van der Waals surface area contributed by atoms with Crippen molar-refractivity contribution in [3.8, 4) is 11.5 Å². The monoisotopic (exact) mass is 354 g/mol. The van der Waals surface area contributed by atoms with Crippen LogP contribution in [0, 0.1) is 0 Å². The summed E-state index contributed by atoms with van der Waals surface area (Å²) in [6.45, 7) is 5.00. The molecule has 1 amide bonds. The summed E-state index contributed by atoms with van der Waals surface area (Å²) in [6, 6.07) is 11.6. The molecule has 1 atom stereocenters. The van der Waals surface area contributed by atoms with Gasteiger partial charge < -0.3 is 19.7 Å². The minimum Gasteiger partial charge on any atom is -0.494 e. The molecule has 2 aromatic carbocycles. The first-order valence-electron chi connectivity index (χ1n) is 8.98. The van der Waals surface area contributed by atoms with Crippen LogP contribution in [0.1, 0.15) is 35.3 Å². The van der Waals surface area contributed by atoms with Gasteiger partial charge in [-0.15, -0.1) is 0 Å². The first-order chi connectivity index (χ1) is 12.5. The van der Waals surface area contributed by atoms with Gasteiger partial charge in [-0.05, 0) is 50.2 Å². The maximum atomic E-state index is 12.5. The fourth-order valence-electron chi connectivity index (χ4n) is 3.10. The molecule has 2 aromatic rings. The minimum absolute atomic E-state index is 0.104. The van der Waals surface area contributed by atoms with Gasteiger partial charge in [-0.2, -0.15) is 0 Å². The molecular formula is C21H26N2O3. The van der Waals surface area contributed by atoms with E-state index in [1.165, 1.54) is 0 Å². The van der Waals surface area contributed by atoms with Crippen LogP contribution in [0.25, 0.3) is 0 Å². The molecule has 0 aliphatic carbocycles. The Morgan fingerprint density at radius 3 is 2.65 bits per heavy atom. The van der Waals surface area contributed by atoms with Crippen LogP contribution < -0.4 is 19.7 Å². The number of rotatable bonds is 6. The lowest BCUT2D eigenvalue weighted by atomic mass is 10.1. The normalized spacial score (nSPS) is 15.2. The van der Waals surface area contributed by atoms with E-state index in [9.17, 15) is 4.79 Å². The number of anilines is 1. The molecule has 138 valence electrons. The van der Waals surface area contributed by atoms with Crippen molar-refractivity contribution in [1.29, 1.82) is 0 Å². The highest BCUT2D eigenvalue weighted by molar-refractivity contribution is 5.94. The van der Waals surface area contributed by atoms with Crippen molar-refractivity contribution in [2.45, 2.75) is 32.9 Å². The lowest BCUT2D eigenvalue weighted by Crippen LogP contribution is -2.23. The number of nitrogens with one attached hydrogen (secondary N) is 1. The number of hydrogen-bond acceptors (Lipinski definition) is 4. The third-order valence-corrected chi connectivity index (χ3v) is 4.46. The summed E-state index contributed by atoms with van der Waals surface area (Å²) in [5.74, 6) is 1.60. The highest BCUT2D eigenvalue weighted by atomic mass is 16.5. The molecule has 0 saturated carbocycles. The summed E-state index contributed by atoms with van der Waals surface area (Å²) in [5.41, 5.74) is 3.79. The smallest absolute Gasteiger partial charge is 0.251 e. The Hall–Kier alpha value is -2.69. The number of nitrogens with zero attached hydrogens (tertiary/aromatic N) is 1. The van der Waals surface area contributed by atoms with Gasteiger partial charge in [0.2, 0.25) is 0 Å². The molecule has 0 spiro atoms. The number of amides is 1. The second-order valence-corrected chi connectivity index (χ2v) is 6.76. The van der Waals surface area contributed by atoms with Crippen LogP contribution >= 0.6 is 0 Å². The predicted molar refractivity (Wildman–Crippen MR) is 103 cm³/mol. The van der Waals surface area contributed by atoms with Crippen LogP contribution in [0.2, 0.25) is 0 Å². The Balaban J connectivity index is 1.72. The summed E-state index contributed by atoms with van der Waals surface area (Å²) >= 11 is 0. The van der Waals surface area contributed by atoms with Crippen LogP contribution in [-0.4, -0.2) is 32.7 Å². The number of fused-ring (bicyclic) bond motifs is 1. The van der Waals surface area contributed by atoms with Gasteiger partial charge in [0.15, 0.2) is 0 Å². The molecule has 1 aliphatic rings. The number of ether oxygens (including phenoxy) is 2. The van der Waals surface area contributed by atoms with Gasteiger partial charge >= 0.3 is 0 Å². The van der Waals surface area contributed by atoms with Crippen LogP contribution in [0.5, 0.6) is 11.5 Å². The SMILES string of the molecule is CCOc1cc2c(cc1CNC(=O)c1ccc(N(C)C)cc1)OC(C)C2. The van der Waals surface area contributed by atoms with Crippen molar-refractivity contribution < 1.29 is 14.3 Å². The highest BCUT2D eigenvalue weighted by Crippen LogP contribution is 2.35. The van der Waals surface area contributed by atoms with Crippen LogP contribution in [0.15, 0.2) is 36.4 Å². The Bertz CT molecular complexity index is 785. The van der Waals surface area contributed by atoms with Crippen molar-refractivity contribution >= 4 is 11.6 Å². The Morgan fingerprint density at radius 2 is 2.00 bits per heavy atom. The number of benzene rings is 2. The average molecular weight is 354 g/mol. The third-order valence-electron chi connectivity index (χ3n) is 4.46. The largest absolute Gasteiger partial charge is 0.494 e. The lowest BCUT2D eigenvalue weighted by Gasteiger charge is -2.14. The van der Waals surface area contributed by atoms with Gasteiger partial charge in [0, 0.05) is 49.4 Å². The van der Waals surface area contributed by atoms with Gasteiger partial charge in [-0.25, -0.2) is 0 Å². The van der Waals surface area contributed by atoms with E-state index in [2.05, 4.69) is 12.2 Å². The Labute approximate surface area is 154 Å². The molecule has 0 aromatic heterocycles. The average Bonchev–Trinajstić information content (AvgIpc) is 2.98. The number of carbonyl (C=O) groups is 1. The van der Waals surface area contributed by atoms with Crippen molar-refractivity contribution in [2.24, 2.45) is 0 Å². The van der Waals surface area contributed by atoms with Crippen molar-refractivity contribution in [2.75, 3.05) is 25.6 Å². The van der Waals surface area contributed by atoms with Gasteiger partial charge in [0.25, 0.3) is 5.91 Å². The highest BCUT2D eigenvalue weighted by Gasteiger charge is 2.22. The second-order valence-electron chi connectivity index (χ2n) is 6.76. The van der Waals surface area contributed by atoms with E-state index in [1.807, 2.05) is 62.3 Å². The van der Waals surface area contributed by atoms with Crippen LogP contribution in [-0.2, 0) is 13.0 Å². The van der Waals surface area contributed by atoms with E-state index in [0.717, 1.165) is 34.7 Å². The fourth-order valence-corrected chi connectivity index (χ4v) is 3.10. The standard InChI is InChI=1S/C21H26N2O3/c1-5-25-19-11-16-10-14(2)26-20(16)12-17(19)13-22-21(24)15-6-8-18(9-7-15)23(3)4/h6-9,11-12,14H,5,10,13H2,1-4H3,(H,22,24). The molecule has 0 fully saturated rings. The van der Waals surface area contributed by atoms with E-state index >= 15 is 0 Å². The molecule has 1 heterocycles. The minimum atomic E-state index is -0.104. The Morgan fingerprint density at radius 1 is 1.27 bits per heavy atom. The molecule has 26 heavy (non-hydrogen) atoms. The van der Waals surface area contributed by atoms with Gasteiger partial charge in [0.1, 0.15) is 17.6 Å². The molecule has 0 bridgehead atoms. The molecule has 1 unspecified atom stereocenters. The zero-order valence-corrected chi connectivity index (χ0v) is 15.8. The van der Waals surface area contributed by atoms with E-state index in [4.69, 9.17) is 9.47 Å². The molecular weight excluding hydrogens is 328 g/mol. The summed E-state index contributed by atoms with van der Waals surface area (Å²) in [4.78, 5) is 14.5. The molecule has 1 N–H and O–H groups in total. The molecule has 0 saturated heterocycles. The lowest BCUT2D eigenvalue weighted by molar-refractivity contribution is 0.0950. The maximum Gasteiger partial charge on any atom is 0.251 e. The van der Waals surface area contributed by atoms with Crippen molar-refractivity contribution in [3.63, 3.8) is 0 Å². The molecule has 5 nitrogen and oxygen atoms in total. The summed E-state index contributed by atoms with van der Waals surface area (Å²) in [7, 11) is 3.95. The zero-order chi connectivity index (χ0) is 18.7. The second kappa shape index (κ2) is 7.68. The van der Waals surface area contributed by atoms with Crippen molar-refractivity contribution in [3.05, 3.63) is 53.1 Å². The zero-order valence-electron chi connectivity index (χ0n) is 15.8. The van der Waals surface area contributed by atoms with Gasteiger partial charge in [-0.3, -0.25) is 4.79 Å². The topological polar surface area (TPSA) is 50.8 Å². The maximum absolute atomic E-state index is 12.5. The Kier molecular flexibility index (Phi) is 5.35. The summed E-state index contributed by atoms with van der Waals surface area (Å²) in [6.07, 6.45) is 1.07. The number of hydrogen-bond donors (Lipinski definition) is 1. The van der Waals surface area contributed by atoms with Crippen molar-refractivity contribution in [1.82, 2.24) is 5.32 Å². The molecule has 1 aliphatic heterocycles. The van der Waals surface area contributed by atoms with Gasteiger partial charge in [0.05, 0.1) is 6.61 Å². The van der Waals surface area contributed by atoms with Crippen LogP contribution in [0.4, 0.5) is 5.69 Å². The first kappa shape index (κ1) is 18.1. The molecule has 5 heteroatoms. The summed E-state index contributed by atoms with van der Waals surface area (Å²) in [5, 5.41) is 2.98. The quantitative estimate of drug-likeness (QED) is 0.864. The summed E-state index contributed by atoms with van der Waals surface area (Å²) < 4.78 is 11.6. The third kappa shape index (κ3) is 3.93.